The molecule has 0 unspecified atom stereocenters. The summed E-state index contributed by atoms with van der Waals surface area (Å²) in [6, 6.07) is 8.20. The Morgan fingerprint density at radius 2 is 1.36 bits per heavy atom. The summed E-state index contributed by atoms with van der Waals surface area (Å²) in [6.45, 7) is 4.49. The number of amides is 3. The van der Waals surface area contributed by atoms with Crippen molar-refractivity contribution in [3.05, 3.63) is 35.4 Å². The first-order valence-corrected chi connectivity index (χ1v) is 11.0. The summed E-state index contributed by atoms with van der Waals surface area (Å²) in [4.78, 5) is 29.3. The van der Waals surface area contributed by atoms with Crippen LogP contribution >= 0.6 is 0 Å². The number of urea groups is 1. The van der Waals surface area contributed by atoms with Crippen LogP contribution in [0.5, 0.6) is 0 Å². The molecule has 1 aromatic carbocycles. The predicted molar refractivity (Wildman–Crippen MR) is 108 cm³/mol. The highest BCUT2D eigenvalue weighted by Gasteiger charge is 2.48. The molecule has 150 valence electrons. The molecule has 1 aromatic rings. The van der Waals surface area contributed by atoms with Crippen LogP contribution in [0.4, 0.5) is 4.79 Å². The minimum absolute atomic E-state index is 0.0705. The highest BCUT2D eigenvalue weighted by atomic mass is 16.2. The molecule has 1 aliphatic heterocycles. The van der Waals surface area contributed by atoms with E-state index in [0.29, 0.717) is 44.1 Å². The third kappa shape index (κ3) is 3.29. The fraction of sp³-hybridized carbons (Fsp3) is 0.652. The third-order valence-electron chi connectivity index (χ3n) is 7.67. The first kappa shape index (κ1) is 18.0. The molecule has 0 aromatic heterocycles. The van der Waals surface area contributed by atoms with Crippen molar-refractivity contribution in [1.82, 2.24) is 15.1 Å². The molecular weight excluding hydrogens is 350 g/mol. The van der Waals surface area contributed by atoms with E-state index in [1.807, 2.05) is 41.0 Å². The largest absolute Gasteiger partial charge is 0.335 e. The van der Waals surface area contributed by atoms with E-state index in [4.69, 9.17) is 0 Å². The summed E-state index contributed by atoms with van der Waals surface area (Å²) < 4.78 is 0. The Kier molecular flexibility index (Phi) is 4.56. The second kappa shape index (κ2) is 7.09. The highest BCUT2D eigenvalue weighted by Crippen LogP contribution is 2.53. The highest BCUT2D eigenvalue weighted by molar-refractivity contribution is 5.94. The summed E-state index contributed by atoms with van der Waals surface area (Å²) >= 11 is 0. The molecule has 4 saturated carbocycles. The van der Waals surface area contributed by atoms with Gasteiger partial charge in [-0.15, -0.1) is 0 Å². The Morgan fingerprint density at radius 1 is 0.821 bits per heavy atom. The number of nitrogens with one attached hydrogen (secondary N) is 1. The van der Waals surface area contributed by atoms with E-state index in [1.54, 1.807) is 0 Å². The molecule has 0 radical (unpaired) electrons. The van der Waals surface area contributed by atoms with Crippen molar-refractivity contribution in [3.63, 3.8) is 0 Å². The molecule has 4 bridgehead atoms. The van der Waals surface area contributed by atoms with Crippen molar-refractivity contribution in [2.24, 2.45) is 23.7 Å². The van der Waals surface area contributed by atoms with Gasteiger partial charge in [0.25, 0.3) is 5.91 Å². The molecule has 0 spiro atoms. The first-order valence-electron chi connectivity index (χ1n) is 11.0. The number of aryl methyl sites for hydroxylation is 1. The summed E-state index contributed by atoms with van der Waals surface area (Å²) in [7, 11) is 0. The zero-order valence-electron chi connectivity index (χ0n) is 16.8. The van der Waals surface area contributed by atoms with Crippen LogP contribution in [-0.2, 0) is 0 Å². The Bertz CT molecular complexity index is 724. The van der Waals surface area contributed by atoms with E-state index in [-0.39, 0.29) is 11.9 Å². The van der Waals surface area contributed by atoms with Gasteiger partial charge in [-0.1, -0.05) is 17.7 Å². The lowest BCUT2D eigenvalue weighted by Gasteiger charge is -2.54. The zero-order chi connectivity index (χ0) is 19.3. The molecule has 28 heavy (non-hydrogen) atoms. The van der Waals surface area contributed by atoms with Crippen LogP contribution in [-0.4, -0.2) is 54.0 Å². The Hall–Kier alpha value is -2.04. The topological polar surface area (TPSA) is 52.7 Å². The quantitative estimate of drug-likeness (QED) is 0.855. The van der Waals surface area contributed by atoms with Gasteiger partial charge in [-0.05, 0) is 74.8 Å². The summed E-state index contributed by atoms with van der Waals surface area (Å²) in [5, 5.41) is 3.40. The number of nitrogens with zero attached hydrogens (tertiary/aromatic N) is 2. The van der Waals surface area contributed by atoms with E-state index in [0.717, 1.165) is 23.0 Å². The van der Waals surface area contributed by atoms with E-state index in [9.17, 15) is 9.59 Å². The van der Waals surface area contributed by atoms with Crippen LogP contribution in [0.25, 0.3) is 0 Å². The maximum atomic E-state index is 12.9. The molecule has 3 amide bonds. The summed E-state index contributed by atoms with van der Waals surface area (Å²) in [5.41, 5.74) is 1.89. The zero-order valence-corrected chi connectivity index (χ0v) is 16.8. The number of piperazine rings is 1. The van der Waals surface area contributed by atoms with Crippen molar-refractivity contribution in [1.29, 1.82) is 0 Å². The van der Waals surface area contributed by atoms with Gasteiger partial charge in [0.15, 0.2) is 0 Å². The average Bonchev–Trinajstić information content (AvgIpc) is 2.70. The Balaban J connectivity index is 1.15. The second-order valence-electron chi connectivity index (χ2n) is 9.55. The van der Waals surface area contributed by atoms with Crippen LogP contribution in [0.2, 0.25) is 0 Å². The third-order valence-corrected chi connectivity index (χ3v) is 7.67. The molecule has 1 heterocycles. The van der Waals surface area contributed by atoms with E-state index in [1.165, 1.54) is 32.1 Å². The number of hydrogen-bond donors (Lipinski definition) is 1. The van der Waals surface area contributed by atoms with Crippen LogP contribution in [0.1, 0.15) is 48.0 Å². The van der Waals surface area contributed by atoms with Crippen molar-refractivity contribution >= 4 is 11.9 Å². The fourth-order valence-electron chi connectivity index (χ4n) is 6.39. The molecule has 5 fully saturated rings. The number of hydrogen-bond acceptors (Lipinski definition) is 2. The first-order chi connectivity index (χ1) is 13.6. The van der Waals surface area contributed by atoms with Gasteiger partial charge in [0, 0.05) is 37.8 Å². The maximum absolute atomic E-state index is 12.9. The molecule has 0 atom stereocenters. The van der Waals surface area contributed by atoms with Gasteiger partial charge >= 0.3 is 6.03 Å². The minimum atomic E-state index is 0.0705. The van der Waals surface area contributed by atoms with Crippen LogP contribution in [0.15, 0.2) is 24.3 Å². The van der Waals surface area contributed by atoms with Gasteiger partial charge in [0.2, 0.25) is 0 Å². The molecule has 5 nitrogen and oxygen atoms in total. The lowest BCUT2D eigenvalue weighted by Crippen LogP contribution is -2.60. The molecule has 5 aliphatic rings. The van der Waals surface area contributed by atoms with Gasteiger partial charge in [-0.3, -0.25) is 4.79 Å². The fourth-order valence-corrected chi connectivity index (χ4v) is 6.39. The monoisotopic (exact) mass is 381 g/mol. The van der Waals surface area contributed by atoms with E-state index in [2.05, 4.69) is 5.32 Å². The van der Waals surface area contributed by atoms with Crippen molar-refractivity contribution in [3.8, 4) is 0 Å². The van der Waals surface area contributed by atoms with Gasteiger partial charge in [-0.2, -0.15) is 0 Å². The molecule has 6 rings (SSSR count). The van der Waals surface area contributed by atoms with E-state index >= 15 is 0 Å². The van der Waals surface area contributed by atoms with Crippen LogP contribution in [0.3, 0.4) is 0 Å². The molecular formula is C23H31N3O2. The van der Waals surface area contributed by atoms with E-state index < -0.39 is 0 Å². The van der Waals surface area contributed by atoms with Gasteiger partial charge < -0.3 is 15.1 Å². The average molecular weight is 382 g/mol. The number of carbonyl (C=O) groups excluding carboxylic acids is 2. The number of rotatable bonds is 2. The molecule has 5 heteroatoms. The van der Waals surface area contributed by atoms with Crippen molar-refractivity contribution < 1.29 is 9.59 Å². The molecule has 1 saturated heterocycles. The Labute approximate surface area is 167 Å². The van der Waals surface area contributed by atoms with Gasteiger partial charge in [-0.25, -0.2) is 4.79 Å². The summed E-state index contributed by atoms with van der Waals surface area (Å²) in [5.74, 6) is 3.31. The predicted octanol–water partition coefficient (Wildman–Crippen LogP) is 3.29. The lowest BCUT2D eigenvalue weighted by atomic mass is 9.54. The molecule has 4 aliphatic carbocycles. The van der Waals surface area contributed by atoms with Crippen molar-refractivity contribution in [2.75, 3.05) is 26.2 Å². The smallest absolute Gasteiger partial charge is 0.317 e. The van der Waals surface area contributed by atoms with Crippen LogP contribution < -0.4 is 5.32 Å². The Morgan fingerprint density at radius 3 is 1.93 bits per heavy atom. The van der Waals surface area contributed by atoms with Gasteiger partial charge in [0.05, 0.1) is 0 Å². The minimum Gasteiger partial charge on any atom is -0.335 e. The second-order valence-corrected chi connectivity index (χ2v) is 9.55. The summed E-state index contributed by atoms with van der Waals surface area (Å²) in [6.07, 6.45) is 6.70. The van der Waals surface area contributed by atoms with Gasteiger partial charge in [0.1, 0.15) is 0 Å². The SMILES string of the molecule is Cc1ccc(C(=O)N2CCN(C(=O)NC3C4CC5CC(C4)CC3C5)CC2)cc1. The maximum Gasteiger partial charge on any atom is 0.317 e. The van der Waals surface area contributed by atoms with Crippen molar-refractivity contribution in [2.45, 2.75) is 45.1 Å². The molecule has 1 N–H and O–H groups in total. The number of carbonyl (C=O) groups is 2. The normalized spacial score (nSPS) is 33.8. The lowest BCUT2D eigenvalue weighted by molar-refractivity contribution is -0.0115. The standard InChI is InChI=1S/C23H31N3O2/c1-15-2-4-18(5-3-15)22(27)25-6-8-26(9-7-25)23(28)24-21-19-11-16-10-17(13-19)14-20(21)12-16/h2-5,16-17,19-21H,6-14H2,1H3,(H,24,28). The number of benzene rings is 1. The van der Waals surface area contributed by atoms with Crippen LogP contribution in [0, 0.1) is 30.6 Å².